The van der Waals surface area contributed by atoms with Crippen molar-refractivity contribution in [1.29, 1.82) is 0 Å². The Bertz CT molecular complexity index is 1140. The number of benzene rings is 3. The highest BCUT2D eigenvalue weighted by molar-refractivity contribution is 6.21. The van der Waals surface area contributed by atoms with Crippen molar-refractivity contribution in [3.05, 3.63) is 94.5 Å². The molecule has 4 rings (SSSR count). The Kier molecular flexibility index (Phi) is 5.88. The molecule has 3 aromatic rings. The molecule has 0 saturated carbocycles. The average Bonchev–Trinajstić information content (AvgIpc) is 3.02. The number of imide groups is 1. The van der Waals surface area contributed by atoms with Crippen LogP contribution in [0.5, 0.6) is 11.5 Å². The Labute approximate surface area is 189 Å². The molecule has 0 saturated heterocycles. The van der Waals surface area contributed by atoms with E-state index in [1.807, 2.05) is 19.1 Å². The summed E-state index contributed by atoms with van der Waals surface area (Å²) in [6.45, 7) is 9.00. The van der Waals surface area contributed by atoms with Crippen LogP contribution in [0.2, 0.25) is 0 Å². The molecule has 1 heterocycles. The third kappa shape index (κ3) is 4.05. The van der Waals surface area contributed by atoms with E-state index in [0.29, 0.717) is 29.2 Å². The number of fused-ring (bicyclic) bond motifs is 1. The SMILES string of the molecule is CCCCN1C(=O)c2ccc(Oc3ccc(C(C)(C)c4ccc(C)cc4)cc3)cc2C1=O. The molecule has 164 valence electrons. The van der Waals surface area contributed by atoms with Crippen molar-refractivity contribution in [3.63, 3.8) is 0 Å². The molecule has 32 heavy (non-hydrogen) atoms. The minimum atomic E-state index is -0.237. The smallest absolute Gasteiger partial charge is 0.261 e. The van der Waals surface area contributed by atoms with E-state index in [9.17, 15) is 9.59 Å². The maximum absolute atomic E-state index is 12.7. The normalized spacial score (nSPS) is 13.4. The predicted molar refractivity (Wildman–Crippen MR) is 127 cm³/mol. The summed E-state index contributed by atoms with van der Waals surface area (Å²) < 4.78 is 6.01. The van der Waals surface area contributed by atoms with Crippen molar-refractivity contribution >= 4 is 11.8 Å². The van der Waals surface area contributed by atoms with E-state index in [2.05, 4.69) is 57.2 Å². The summed E-state index contributed by atoms with van der Waals surface area (Å²) in [6.07, 6.45) is 1.73. The first kappa shape index (κ1) is 21.8. The number of rotatable bonds is 7. The van der Waals surface area contributed by atoms with Crippen LogP contribution in [-0.2, 0) is 5.41 Å². The van der Waals surface area contributed by atoms with Crippen molar-refractivity contribution in [1.82, 2.24) is 4.90 Å². The Hall–Kier alpha value is -3.40. The van der Waals surface area contributed by atoms with E-state index in [4.69, 9.17) is 4.74 Å². The van der Waals surface area contributed by atoms with Gasteiger partial charge in [-0.05, 0) is 54.8 Å². The van der Waals surface area contributed by atoms with Gasteiger partial charge in [0.15, 0.2) is 0 Å². The van der Waals surface area contributed by atoms with Gasteiger partial charge in [0, 0.05) is 12.0 Å². The van der Waals surface area contributed by atoms with E-state index in [0.717, 1.165) is 12.8 Å². The number of aryl methyl sites for hydroxylation is 1. The Morgan fingerprint density at radius 2 is 1.34 bits per heavy atom. The number of carbonyl (C=O) groups is 2. The fourth-order valence-electron chi connectivity index (χ4n) is 4.07. The lowest BCUT2D eigenvalue weighted by molar-refractivity contribution is 0.0652. The molecule has 0 spiro atoms. The Morgan fingerprint density at radius 1 is 0.781 bits per heavy atom. The van der Waals surface area contributed by atoms with Gasteiger partial charge in [0.2, 0.25) is 0 Å². The zero-order chi connectivity index (χ0) is 22.9. The summed E-state index contributed by atoms with van der Waals surface area (Å²) in [5.74, 6) is 0.785. The van der Waals surface area contributed by atoms with E-state index >= 15 is 0 Å². The number of nitrogens with zero attached hydrogens (tertiary/aromatic N) is 1. The molecule has 0 atom stereocenters. The van der Waals surface area contributed by atoms with Crippen LogP contribution in [-0.4, -0.2) is 23.3 Å². The number of unbranched alkanes of at least 4 members (excludes halogenated alkanes) is 1. The largest absolute Gasteiger partial charge is 0.457 e. The quantitative estimate of drug-likeness (QED) is 0.404. The second-order valence-corrected chi connectivity index (χ2v) is 8.94. The van der Waals surface area contributed by atoms with Crippen LogP contribution in [0.1, 0.15) is 71.0 Å². The molecule has 3 aromatic carbocycles. The number of carbonyl (C=O) groups excluding carboxylic acids is 2. The molecule has 0 aliphatic carbocycles. The molecular formula is C28H29NO3. The standard InChI is InChI=1S/C28H29NO3/c1-5-6-17-29-26(30)24-16-15-23(18-25(24)27(29)31)32-22-13-11-21(12-14-22)28(3,4)20-9-7-19(2)8-10-20/h7-16,18H,5-6,17H2,1-4H3. The topological polar surface area (TPSA) is 46.6 Å². The number of hydrogen-bond acceptors (Lipinski definition) is 3. The molecule has 0 aromatic heterocycles. The second-order valence-electron chi connectivity index (χ2n) is 8.94. The van der Waals surface area contributed by atoms with Crippen molar-refractivity contribution < 1.29 is 14.3 Å². The zero-order valence-electron chi connectivity index (χ0n) is 19.1. The lowest BCUT2D eigenvalue weighted by Gasteiger charge is -2.26. The lowest BCUT2D eigenvalue weighted by Crippen LogP contribution is -2.30. The summed E-state index contributed by atoms with van der Waals surface area (Å²) in [5, 5.41) is 0. The lowest BCUT2D eigenvalue weighted by atomic mass is 9.78. The molecule has 0 N–H and O–H groups in total. The maximum Gasteiger partial charge on any atom is 0.261 e. The molecule has 4 nitrogen and oxygen atoms in total. The van der Waals surface area contributed by atoms with Crippen molar-refractivity contribution in [2.45, 2.75) is 46.0 Å². The number of ether oxygens (including phenoxy) is 1. The van der Waals surface area contributed by atoms with E-state index in [1.54, 1.807) is 18.2 Å². The van der Waals surface area contributed by atoms with Crippen molar-refractivity contribution in [2.24, 2.45) is 0 Å². The predicted octanol–water partition coefficient (Wildman–Crippen LogP) is 6.51. The first-order valence-corrected chi connectivity index (χ1v) is 11.2. The van der Waals surface area contributed by atoms with Crippen LogP contribution >= 0.6 is 0 Å². The van der Waals surface area contributed by atoms with Crippen LogP contribution in [0, 0.1) is 6.92 Å². The first-order chi connectivity index (χ1) is 15.3. The molecule has 0 fully saturated rings. The van der Waals surface area contributed by atoms with Gasteiger partial charge >= 0.3 is 0 Å². The van der Waals surface area contributed by atoms with Crippen LogP contribution in [0.25, 0.3) is 0 Å². The molecule has 0 unspecified atom stereocenters. The monoisotopic (exact) mass is 427 g/mol. The zero-order valence-corrected chi connectivity index (χ0v) is 19.1. The average molecular weight is 428 g/mol. The highest BCUT2D eigenvalue weighted by atomic mass is 16.5. The second kappa shape index (κ2) is 8.62. The minimum absolute atomic E-state index is 0.130. The molecule has 4 heteroatoms. The van der Waals surface area contributed by atoms with Crippen molar-refractivity contribution in [3.8, 4) is 11.5 Å². The van der Waals surface area contributed by atoms with Crippen LogP contribution < -0.4 is 4.74 Å². The fourth-order valence-corrected chi connectivity index (χ4v) is 4.07. The Balaban J connectivity index is 1.52. The third-order valence-corrected chi connectivity index (χ3v) is 6.26. The summed E-state index contributed by atoms with van der Waals surface area (Å²) in [6, 6.07) is 21.8. The van der Waals surface area contributed by atoms with Gasteiger partial charge in [0.05, 0.1) is 11.1 Å². The van der Waals surface area contributed by atoms with Gasteiger partial charge in [-0.15, -0.1) is 0 Å². The fraction of sp³-hybridized carbons (Fsp3) is 0.286. The summed E-state index contributed by atoms with van der Waals surface area (Å²) in [5.41, 5.74) is 4.43. The minimum Gasteiger partial charge on any atom is -0.457 e. The molecule has 0 bridgehead atoms. The first-order valence-electron chi connectivity index (χ1n) is 11.2. The van der Waals surface area contributed by atoms with Gasteiger partial charge in [0.1, 0.15) is 11.5 Å². The summed E-state index contributed by atoms with van der Waals surface area (Å²) in [4.78, 5) is 26.5. The summed E-state index contributed by atoms with van der Waals surface area (Å²) in [7, 11) is 0. The molecular weight excluding hydrogens is 398 g/mol. The van der Waals surface area contributed by atoms with Gasteiger partial charge in [-0.25, -0.2) is 0 Å². The van der Waals surface area contributed by atoms with Crippen LogP contribution in [0.15, 0.2) is 66.7 Å². The van der Waals surface area contributed by atoms with Gasteiger partial charge in [0.25, 0.3) is 11.8 Å². The molecule has 1 aliphatic rings. The van der Waals surface area contributed by atoms with Crippen LogP contribution in [0.3, 0.4) is 0 Å². The van der Waals surface area contributed by atoms with E-state index < -0.39 is 0 Å². The molecule has 0 radical (unpaired) electrons. The highest BCUT2D eigenvalue weighted by Gasteiger charge is 2.35. The molecule has 2 amide bonds. The van der Waals surface area contributed by atoms with E-state index in [-0.39, 0.29) is 17.2 Å². The third-order valence-electron chi connectivity index (χ3n) is 6.26. The van der Waals surface area contributed by atoms with Crippen LogP contribution in [0.4, 0.5) is 0 Å². The number of hydrogen-bond donors (Lipinski definition) is 0. The molecule has 1 aliphatic heterocycles. The van der Waals surface area contributed by atoms with Gasteiger partial charge in [-0.1, -0.05) is 69.2 Å². The van der Waals surface area contributed by atoms with Gasteiger partial charge < -0.3 is 4.74 Å². The van der Waals surface area contributed by atoms with Crippen molar-refractivity contribution in [2.75, 3.05) is 6.54 Å². The summed E-state index contributed by atoms with van der Waals surface area (Å²) >= 11 is 0. The number of amides is 2. The van der Waals surface area contributed by atoms with Gasteiger partial charge in [-0.3, -0.25) is 14.5 Å². The Morgan fingerprint density at radius 3 is 1.97 bits per heavy atom. The highest BCUT2D eigenvalue weighted by Crippen LogP contribution is 2.34. The maximum atomic E-state index is 12.7. The van der Waals surface area contributed by atoms with Gasteiger partial charge in [-0.2, -0.15) is 0 Å². The van der Waals surface area contributed by atoms with E-state index in [1.165, 1.54) is 21.6 Å².